The average Bonchev–Trinajstić information content (AvgIpc) is 2.18. The lowest BCUT2D eigenvalue weighted by Gasteiger charge is -2.14. The third-order valence-electron chi connectivity index (χ3n) is 2.07. The molecule has 17 heavy (non-hydrogen) atoms. The van der Waals surface area contributed by atoms with Gasteiger partial charge < -0.3 is 9.84 Å². The van der Waals surface area contributed by atoms with Gasteiger partial charge in [0.25, 0.3) is 0 Å². The van der Waals surface area contributed by atoms with Gasteiger partial charge in [-0.1, -0.05) is 15.9 Å². The van der Waals surface area contributed by atoms with Crippen molar-refractivity contribution in [3.8, 4) is 5.75 Å². The zero-order valence-electron chi connectivity index (χ0n) is 9.09. The van der Waals surface area contributed by atoms with Crippen LogP contribution >= 0.6 is 15.9 Å². The lowest BCUT2D eigenvalue weighted by atomic mass is 10.1. The van der Waals surface area contributed by atoms with Crippen molar-refractivity contribution in [2.24, 2.45) is 0 Å². The SMILES string of the molecule is C[C@H](O)c1cc(Br)ccc1OCCC(F)(F)F. The van der Waals surface area contributed by atoms with Crippen LogP contribution in [0.2, 0.25) is 0 Å². The second-order valence-electron chi connectivity index (χ2n) is 3.57. The monoisotopic (exact) mass is 312 g/mol. The van der Waals surface area contributed by atoms with Crippen molar-refractivity contribution in [2.45, 2.75) is 25.6 Å². The summed E-state index contributed by atoms with van der Waals surface area (Å²) in [7, 11) is 0. The van der Waals surface area contributed by atoms with E-state index in [1.807, 2.05) is 0 Å². The summed E-state index contributed by atoms with van der Waals surface area (Å²) < 4.78 is 41.6. The van der Waals surface area contributed by atoms with Crippen LogP contribution < -0.4 is 4.74 Å². The Kier molecular flexibility index (Phi) is 4.82. The third-order valence-corrected chi connectivity index (χ3v) is 2.56. The Labute approximate surface area is 106 Å². The molecule has 0 aliphatic carbocycles. The Morgan fingerprint density at radius 1 is 1.41 bits per heavy atom. The number of hydrogen-bond acceptors (Lipinski definition) is 2. The summed E-state index contributed by atoms with van der Waals surface area (Å²) in [4.78, 5) is 0. The number of rotatable bonds is 4. The van der Waals surface area contributed by atoms with Crippen LogP contribution in [0.1, 0.15) is 25.0 Å². The summed E-state index contributed by atoms with van der Waals surface area (Å²) in [6, 6.07) is 4.80. The zero-order valence-corrected chi connectivity index (χ0v) is 10.7. The molecule has 0 unspecified atom stereocenters. The molecule has 0 amide bonds. The number of ether oxygens (including phenoxy) is 1. The summed E-state index contributed by atoms with van der Waals surface area (Å²) >= 11 is 3.22. The molecule has 0 aromatic heterocycles. The van der Waals surface area contributed by atoms with Crippen LogP contribution in [0.3, 0.4) is 0 Å². The van der Waals surface area contributed by atoms with Crippen LogP contribution in [0.5, 0.6) is 5.75 Å². The fourth-order valence-corrected chi connectivity index (χ4v) is 1.63. The number of alkyl halides is 3. The minimum absolute atomic E-state index is 0.271. The Morgan fingerprint density at radius 2 is 2.06 bits per heavy atom. The van der Waals surface area contributed by atoms with E-state index < -0.39 is 25.3 Å². The molecule has 1 aromatic carbocycles. The number of aliphatic hydroxyl groups is 1. The van der Waals surface area contributed by atoms with E-state index >= 15 is 0 Å². The number of aliphatic hydroxyl groups excluding tert-OH is 1. The van der Waals surface area contributed by atoms with Gasteiger partial charge in [-0.05, 0) is 25.1 Å². The van der Waals surface area contributed by atoms with Crippen molar-refractivity contribution in [3.63, 3.8) is 0 Å². The first-order valence-electron chi connectivity index (χ1n) is 4.96. The van der Waals surface area contributed by atoms with Gasteiger partial charge in [0.05, 0.1) is 19.1 Å². The zero-order chi connectivity index (χ0) is 13.1. The van der Waals surface area contributed by atoms with E-state index in [0.717, 1.165) is 4.47 Å². The highest BCUT2D eigenvalue weighted by Gasteiger charge is 2.27. The van der Waals surface area contributed by atoms with Crippen molar-refractivity contribution >= 4 is 15.9 Å². The highest BCUT2D eigenvalue weighted by molar-refractivity contribution is 9.10. The Bertz CT molecular complexity index is 377. The summed E-state index contributed by atoms with van der Waals surface area (Å²) in [6.07, 6.45) is -6.05. The van der Waals surface area contributed by atoms with Gasteiger partial charge in [-0.15, -0.1) is 0 Å². The van der Waals surface area contributed by atoms with Crippen LogP contribution in [-0.2, 0) is 0 Å². The van der Waals surface area contributed by atoms with Crippen molar-refractivity contribution in [2.75, 3.05) is 6.61 Å². The van der Waals surface area contributed by atoms with E-state index in [-0.39, 0.29) is 5.75 Å². The highest BCUT2D eigenvalue weighted by Crippen LogP contribution is 2.29. The summed E-state index contributed by atoms with van der Waals surface area (Å²) in [5.74, 6) is 0.271. The molecule has 1 rings (SSSR count). The van der Waals surface area contributed by atoms with E-state index in [1.165, 1.54) is 13.0 Å². The van der Waals surface area contributed by atoms with Crippen LogP contribution in [0.25, 0.3) is 0 Å². The second kappa shape index (κ2) is 5.73. The molecule has 0 heterocycles. The summed E-state index contributed by atoms with van der Waals surface area (Å²) in [6.45, 7) is 1.07. The van der Waals surface area contributed by atoms with Crippen molar-refractivity contribution in [1.29, 1.82) is 0 Å². The van der Waals surface area contributed by atoms with Gasteiger partial charge in [0, 0.05) is 10.0 Å². The lowest BCUT2D eigenvalue weighted by Crippen LogP contribution is -2.13. The van der Waals surface area contributed by atoms with E-state index in [2.05, 4.69) is 15.9 Å². The first-order chi connectivity index (χ1) is 7.79. The summed E-state index contributed by atoms with van der Waals surface area (Å²) in [5.41, 5.74) is 0.460. The first-order valence-corrected chi connectivity index (χ1v) is 5.76. The number of hydrogen-bond donors (Lipinski definition) is 1. The van der Waals surface area contributed by atoms with E-state index in [0.29, 0.717) is 5.56 Å². The van der Waals surface area contributed by atoms with E-state index in [9.17, 15) is 18.3 Å². The van der Waals surface area contributed by atoms with E-state index in [1.54, 1.807) is 12.1 Å². The van der Waals surface area contributed by atoms with Gasteiger partial charge in [-0.3, -0.25) is 0 Å². The molecule has 2 nitrogen and oxygen atoms in total. The minimum Gasteiger partial charge on any atom is -0.493 e. The van der Waals surface area contributed by atoms with Crippen molar-refractivity contribution in [3.05, 3.63) is 28.2 Å². The maximum atomic E-state index is 11.9. The molecular formula is C11H12BrF3O2. The standard InChI is InChI=1S/C11H12BrF3O2/c1-7(16)9-6-8(12)2-3-10(9)17-5-4-11(13,14)15/h2-3,6-7,16H,4-5H2,1H3/t7-/m0/s1. The Hall–Kier alpha value is -0.750. The molecule has 0 spiro atoms. The molecule has 1 atom stereocenters. The predicted molar refractivity (Wildman–Crippen MR) is 60.9 cm³/mol. The van der Waals surface area contributed by atoms with Gasteiger partial charge in [-0.25, -0.2) is 0 Å². The molecule has 96 valence electrons. The highest BCUT2D eigenvalue weighted by atomic mass is 79.9. The molecule has 1 aromatic rings. The molecule has 6 heteroatoms. The van der Waals surface area contributed by atoms with Crippen molar-refractivity contribution in [1.82, 2.24) is 0 Å². The van der Waals surface area contributed by atoms with Gasteiger partial charge in [0.15, 0.2) is 0 Å². The maximum Gasteiger partial charge on any atom is 0.392 e. The van der Waals surface area contributed by atoms with Crippen LogP contribution in [0, 0.1) is 0 Å². The number of benzene rings is 1. The maximum absolute atomic E-state index is 11.9. The largest absolute Gasteiger partial charge is 0.493 e. The van der Waals surface area contributed by atoms with E-state index in [4.69, 9.17) is 4.74 Å². The number of halogens is 4. The molecule has 0 aliphatic heterocycles. The van der Waals surface area contributed by atoms with Crippen LogP contribution in [0.15, 0.2) is 22.7 Å². The second-order valence-corrected chi connectivity index (χ2v) is 4.49. The molecule has 0 saturated carbocycles. The normalized spacial score (nSPS) is 13.5. The molecular weight excluding hydrogens is 301 g/mol. The van der Waals surface area contributed by atoms with Gasteiger partial charge in [0.1, 0.15) is 5.75 Å². The molecule has 0 fully saturated rings. The van der Waals surface area contributed by atoms with Gasteiger partial charge in [-0.2, -0.15) is 13.2 Å². The van der Waals surface area contributed by atoms with Gasteiger partial charge >= 0.3 is 6.18 Å². The fourth-order valence-electron chi connectivity index (χ4n) is 1.25. The smallest absolute Gasteiger partial charge is 0.392 e. The van der Waals surface area contributed by atoms with Crippen molar-refractivity contribution < 1.29 is 23.0 Å². The average molecular weight is 313 g/mol. The van der Waals surface area contributed by atoms with Gasteiger partial charge in [0.2, 0.25) is 0 Å². The minimum atomic E-state index is -4.24. The molecule has 1 N–H and O–H groups in total. The Balaban J connectivity index is 2.70. The summed E-state index contributed by atoms with van der Waals surface area (Å²) in [5, 5.41) is 9.47. The van der Waals surface area contributed by atoms with Crippen LogP contribution in [-0.4, -0.2) is 17.9 Å². The molecule has 0 saturated heterocycles. The predicted octanol–water partition coefficient (Wildman–Crippen LogP) is 3.83. The molecule has 0 aliphatic rings. The topological polar surface area (TPSA) is 29.5 Å². The third kappa shape index (κ3) is 4.95. The van der Waals surface area contributed by atoms with Crippen LogP contribution in [0.4, 0.5) is 13.2 Å². The lowest BCUT2D eigenvalue weighted by molar-refractivity contribution is -0.139. The Morgan fingerprint density at radius 3 is 2.59 bits per heavy atom. The molecule has 0 radical (unpaired) electrons. The first kappa shape index (κ1) is 14.3. The molecule has 0 bridgehead atoms. The fraction of sp³-hybridized carbons (Fsp3) is 0.455. The quantitative estimate of drug-likeness (QED) is 0.915.